The van der Waals surface area contributed by atoms with E-state index in [9.17, 15) is 4.79 Å². The minimum absolute atomic E-state index is 0.0664. The zero-order valence-electron chi connectivity index (χ0n) is 10.7. The Labute approximate surface area is 106 Å². The molecule has 0 aliphatic carbocycles. The van der Waals surface area contributed by atoms with Crippen LogP contribution < -0.4 is 11.1 Å². The minimum atomic E-state index is -0.295. The average Bonchev–Trinajstić information content (AvgIpc) is 2.67. The molecule has 0 fully saturated rings. The van der Waals surface area contributed by atoms with Gasteiger partial charge >= 0.3 is 0 Å². The van der Waals surface area contributed by atoms with E-state index in [0.717, 1.165) is 22.3 Å². The molecule has 0 spiro atoms. The summed E-state index contributed by atoms with van der Waals surface area (Å²) in [6.07, 6.45) is 0.337. The Kier molecular flexibility index (Phi) is 3.67. The van der Waals surface area contributed by atoms with Crippen molar-refractivity contribution in [3.05, 3.63) is 35.6 Å². The van der Waals surface area contributed by atoms with E-state index in [1.807, 2.05) is 38.1 Å². The third-order valence-corrected chi connectivity index (χ3v) is 3.10. The highest BCUT2D eigenvalue weighted by Gasteiger charge is 2.15. The summed E-state index contributed by atoms with van der Waals surface area (Å²) in [5.74, 6) is 0.622. The molecular formula is C14H18N2O2. The standard InChI is InChI=1S/C14H18N2O2/c1-9-11-5-3-4-6-12(11)18-14(9)10(2)16-8-7-13(15)17/h3-6,10,16H,7-8H2,1-2H3,(H2,15,17). The number of hydrogen-bond acceptors (Lipinski definition) is 3. The lowest BCUT2D eigenvalue weighted by molar-refractivity contribution is -0.117. The van der Waals surface area contributed by atoms with E-state index in [-0.39, 0.29) is 11.9 Å². The molecule has 0 aliphatic rings. The van der Waals surface area contributed by atoms with Crippen molar-refractivity contribution in [3.8, 4) is 0 Å². The second kappa shape index (κ2) is 5.23. The van der Waals surface area contributed by atoms with Crippen molar-refractivity contribution >= 4 is 16.9 Å². The van der Waals surface area contributed by atoms with Crippen LogP contribution in [0.5, 0.6) is 0 Å². The number of nitrogens with one attached hydrogen (secondary N) is 1. The quantitative estimate of drug-likeness (QED) is 0.850. The topological polar surface area (TPSA) is 68.3 Å². The smallest absolute Gasteiger partial charge is 0.218 e. The Morgan fingerprint density at radius 3 is 2.83 bits per heavy atom. The van der Waals surface area contributed by atoms with E-state index in [4.69, 9.17) is 10.2 Å². The maximum absolute atomic E-state index is 10.7. The molecule has 2 rings (SSSR count). The zero-order chi connectivity index (χ0) is 13.1. The van der Waals surface area contributed by atoms with Gasteiger partial charge in [-0.1, -0.05) is 18.2 Å². The summed E-state index contributed by atoms with van der Waals surface area (Å²) in [5.41, 5.74) is 7.15. The Morgan fingerprint density at radius 1 is 1.44 bits per heavy atom. The molecule has 1 atom stereocenters. The van der Waals surface area contributed by atoms with Crippen LogP contribution in [0.25, 0.3) is 11.0 Å². The van der Waals surface area contributed by atoms with E-state index in [0.29, 0.717) is 13.0 Å². The normalized spacial score (nSPS) is 12.8. The van der Waals surface area contributed by atoms with Crippen LogP contribution in [-0.4, -0.2) is 12.5 Å². The number of carbonyl (C=O) groups excluding carboxylic acids is 1. The predicted octanol–water partition coefficient (Wildman–Crippen LogP) is 2.27. The van der Waals surface area contributed by atoms with Crippen molar-refractivity contribution in [2.45, 2.75) is 26.3 Å². The molecule has 1 unspecified atom stereocenters. The molecule has 0 bridgehead atoms. The maximum atomic E-state index is 10.7. The van der Waals surface area contributed by atoms with Crippen LogP contribution in [-0.2, 0) is 4.79 Å². The van der Waals surface area contributed by atoms with Crippen LogP contribution in [0.1, 0.15) is 30.7 Å². The van der Waals surface area contributed by atoms with Crippen LogP contribution in [0, 0.1) is 6.92 Å². The van der Waals surface area contributed by atoms with Gasteiger partial charge in [-0.3, -0.25) is 4.79 Å². The Bertz CT molecular complexity index is 560. The number of rotatable bonds is 5. The van der Waals surface area contributed by atoms with Crippen LogP contribution in [0.2, 0.25) is 0 Å². The molecule has 1 aromatic carbocycles. The highest BCUT2D eigenvalue weighted by atomic mass is 16.3. The van der Waals surface area contributed by atoms with Crippen molar-refractivity contribution in [1.82, 2.24) is 5.32 Å². The van der Waals surface area contributed by atoms with Gasteiger partial charge in [-0.2, -0.15) is 0 Å². The van der Waals surface area contributed by atoms with E-state index in [2.05, 4.69) is 5.32 Å². The lowest BCUT2D eigenvalue weighted by Crippen LogP contribution is -2.24. The molecule has 18 heavy (non-hydrogen) atoms. The number of furan rings is 1. The number of para-hydroxylation sites is 1. The highest BCUT2D eigenvalue weighted by Crippen LogP contribution is 2.28. The number of fused-ring (bicyclic) bond motifs is 1. The molecule has 1 aromatic heterocycles. The number of benzene rings is 1. The van der Waals surface area contributed by atoms with Crippen molar-refractivity contribution in [3.63, 3.8) is 0 Å². The molecule has 0 radical (unpaired) electrons. The Morgan fingerprint density at radius 2 is 2.17 bits per heavy atom. The van der Waals surface area contributed by atoms with E-state index in [1.54, 1.807) is 0 Å². The SMILES string of the molecule is Cc1c(C(C)NCCC(N)=O)oc2ccccc12. The molecule has 4 heteroatoms. The molecule has 0 aliphatic heterocycles. The van der Waals surface area contributed by atoms with Gasteiger partial charge < -0.3 is 15.5 Å². The van der Waals surface area contributed by atoms with E-state index >= 15 is 0 Å². The largest absolute Gasteiger partial charge is 0.459 e. The van der Waals surface area contributed by atoms with Crippen molar-refractivity contribution in [2.24, 2.45) is 5.73 Å². The van der Waals surface area contributed by atoms with E-state index < -0.39 is 0 Å². The first-order valence-electron chi connectivity index (χ1n) is 6.09. The van der Waals surface area contributed by atoms with E-state index in [1.165, 1.54) is 0 Å². The summed E-state index contributed by atoms with van der Waals surface area (Å²) in [6, 6.07) is 8.03. The summed E-state index contributed by atoms with van der Waals surface area (Å²) >= 11 is 0. The number of aryl methyl sites for hydroxylation is 1. The summed E-state index contributed by atoms with van der Waals surface area (Å²) in [6.45, 7) is 4.63. The maximum Gasteiger partial charge on any atom is 0.218 e. The van der Waals surface area contributed by atoms with Crippen molar-refractivity contribution in [1.29, 1.82) is 0 Å². The molecule has 1 amide bonds. The fourth-order valence-electron chi connectivity index (χ4n) is 2.11. The summed E-state index contributed by atoms with van der Waals surface area (Å²) in [4.78, 5) is 10.7. The van der Waals surface area contributed by atoms with Crippen molar-refractivity contribution < 1.29 is 9.21 Å². The number of nitrogens with two attached hydrogens (primary N) is 1. The highest BCUT2D eigenvalue weighted by molar-refractivity contribution is 5.82. The minimum Gasteiger partial charge on any atom is -0.459 e. The van der Waals surface area contributed by atoms with Crippen LogP contribution >= 0.6 is 0 Å². The fourth-order valence-corrected chi connectivity index (χ4v) is 2.11. The molecular weight excluding hydrogens is 228 g/mol. The van der Waals surface area contributed by atoms with Gasteiger partial charge in [0.1, 0.15) is 11.3 Å². The summed E-state index contributed by atoms with van der Waals surface area (Å²) in [7, 11) is 0. The third-order valence-electron chi connectivity index (χ3n) is 3.10. The summed E-state index contributed by atoms with van der Waals surface area (Å²) in [5, 5.41) is 4.37. The number of carbonyl (C=O) groups is 1. The number of amides is 1. The summed E-state index contributed by atoms with van der Waals surface area (Å²) < 4.78 is 5.84. The molecule has 0 saturated carbocycles. The van der Waals surface area contributed by atoms with Crippen LogP contribution in [0.15, 0.2) is 28.7 Å². The molecule has 96 valence electrons. The molecule has 1 heterocycles. The third kappa shape index (κ3) is 2.54. The van der Waals surface area contributed by atoms with Gasteiger partial charge in [0.15, 0.2) is 0 Å². The van der Waals surface area contributed by atoms with Crippen molar-refractivity contribution in [2.75, 3.05) is 6.54 Å². The van der Waals surface area contributed by atoms with Gasteiger partial charge in [0.05, 0.1) is 6.04 Å². The number of hydrogen-bond donors (Lipinski definition) is 2. The number of primary amides is 1. The second-order valence-corrected chi connectivity index (χ2v) is 4.48. The molecule has 0 saturated heterocycles. The first-order valence-corrected chi connectivity index (χ1v) is 6.09. The van der Waals surface area contributed by atoms with Gasteiger partial charge in [-0.15, -0.1) is 0 Å². The first kappa shape index (κ1) is 12.6. The Balaban J connectivity index is 2.15. The monoisotopic (exact) mass is 246 g/mol. The van der Waals surface area contributed by atoms with Gasteiger partial charge in [0, 0.05) is 18.4 Å². The average molecular weight is 246 g/mol. The first-order chi connectivity index (χ1) is 8.59. The lowest BCUT2D eigenvalue weighted by Gasteiger charge is -2.11. The predicted molar refractivity (Wildman–Crippen MR) is 71.2 cm³/mol. The Hall–Kier alpha value is -1.81. The van der Waals surface area contributed by atoms with Gasteiger partial charge in [0.25, 0.3) is 0 Å². The van der Waals surface area contributed by atoms with Gasteiger partial charge in [-0.25, -0.2) is 0 Å². The van der Waals surface area contributed by atoms with Crippen LogP contribution in [0.4, 0.5) is 0 Å². The molecule has 3 N–H and O–H groups in total. The zero-order valence-corrected chi connectivity index (χ0v) is 10.7. The van der Waals surface area contributed by atoms with Gasteiger partial charge in [0.2, 0.25) is 5.91 Å². The fraction of sp³-hybridized carbons (Fsp3) is 0.357. The lowest BCUT2D eigenvalue weighted by atomic mass is 10.1. The van der Waals surface area contributed by atoms with Gasteiger partial charge in [-0.05, 0) is 25.5 Å². The molecule has 2 aromatic rings. The second-order valence-electron chi connectivity index (χ2n) is 4.48. The molecule has 4 nitrogen and oxygen atoms in total. The van der Waals surface area contributed by atoms with Crippen LogP contribution in [0.3, 0.4) is 0 Å².